The van der Waals surface area contributed by atoms with Crippen LogP contribution in [0.5, 0.6) is 0 Å². The molecule has 1 aliphatic rings. The van der Waals surface area contributed by atoms with E-state index in [1.165, 1.54) is 0 Å². The fourth-order valence-corrected chi connectivity index (χ4v) is 0.803. The summed E-state index contributed by atoms with van der Waals surface area (Å²) >= 11 is 0. The van der Waals surface area contributed by atoms with Crippen molar-refractivity contribution < 1.29 is 14.4 Å². The van der Waals surface area contributed by atoms with Gasteiger partial charge < -0.3 is 5.32 Å². The van der Waals surface area contributed by atoms with Crippen LogP contribution in [0.1, 0.15) is 6.42 Å². The van der Waals surface area contributed by atoms with E-state index in [-0.39, 0.29) is 18.9 Å². The summed E-state index contributed by atoms with van der Waals surface area (Å²) in [5.74, 6) is -0.156. The minimum atomic E-state index is -0.596. The first-order chi connectivity index (χ1) is 6.22. The molecular formula is C6H8N4O3. The van der Waals surface area contributed by atoms with Gasteiger partial charge in [-0.15, -0.1) is 0 Å². The third-order valence-corrected chi connectivity index (χ3v) is 1.28. The van der Waals surface area contributed by atoms with E-state index in [2.05, 4.69) is 15.6 Å². The standard InChI is InChI=1S/C6H8N4O3/c11-3-7-2-8-4-1-5(12)10-6(13)9-4/h3H,1-2H2,(H,7,11)(H2,8,9,10,12,13). The predicted molar refractivity (Wildman–Crippen MR) is 42.8 cm³/mol. The van der Waals surface area contributed by atoms with Crippen molar-refractivity contribution in [1.82, 2.24) is 16.0 Å². The number of amidine groups is 1. The van der Waals surface area contributed by atoms with Crippen LogP contribution in [0.15, 0.2) is 4.99 Å². The summed E-state index contributed by atoms with van der Waals surface area (Å²) in [5.41, 5.74) is 0. The van der Waals surface area contributed by atoms with Crippen molar-refractivity contribution in [2.24, 2.45) is 4.99 Å². The van der Waals surface area contributed by atoms with E-state index in [1.807, 2.05) is 5.32 Å². The van der Waals surface area contributed by atoms with Gasteiger partial charge in [-0.3, -0.25) is 25.2 Å². The van der Waals surface area contributed by atoms with Crippen molar-refractivity contribution in [1.29, 1.82) is 0 Å². The number of rotatable bonds is 3. The van der Waals surface area contributed by atoms with E-state index in [9.17, 15) is 14.4 Å². The summed E-state index contributed by atoms with van der Waals surface area (Å²) in [7, 11) is 0. The Bertz CT molecular complexity index is 255. The number of carbonyl (C=O) groups excluding carboxylic acids is 3. The fraction of sp³-hybridized carbons (Fsp3) is 0.333. The Hall–Kier alpha value is -1.92. The molecule has 13 heavy (non-hydrogen) atoms. The molecule has 1 fully saturated rings. The van der Waals surface area contributed by atoms with Crippen LogP contribution in [-0.2, 0) is 9.59 Å². The first-order valence-corrected chi connectivity index (χ1v) is 3.53. The van der Waals surface area contributed by atoms with Gasteiger partial charge in [-0.2, -0.15) is 0 Å². The van der Waals surface area contributed by atoms with Gasteiger partial charge in [0.25, 0.3) is 0 Å². The molecule has 0 aromatic rings. The van der Waals surface area contributed by atoms with Crippen molar-refractivity contribution in [3.8, 4) is 0 Å². The summed E-state index contributed by atoms with van der Waals surface area (Å²) in [5, 5.41) is 6.64. The van der Waals surface area contributed by atoms with E-state index in [4.69, 9.17) is 0 Å². The minimum absolute atomic E-state index is 0.0201. The van der Waals surface area contributed by atoms with Gasteiger partial charge >= 0.3 is 6.03 Å². The fourth-order valence-electron chi connectivity index (χ4n) is 0.803. The zero-order valence-electron chi connectivity index (χ0n) is 6.66. The van der Waals surface area contributed by atoms with Gasteiger partial charge in [0.1, 0.15) is 12.5 Å². The minimum Gasteiger partial charge on any atom is -0.339 e. The molecule has 0 aromatic heterocycles. The quantitative estimate of drug-likeness (QED) is 0.360. The van der Waals surface area contributed by atoms with Gasteiger partial charge in [-0.25, -0.2) is 4.79 Å². The van der Waals surface area contributed by atoms with Crippen LogP contribution in [0.2, 0.25) is 0 Å². The number of hydrogen-bond acceptors (Lipinski definition) is 4. The SMILES string of the molecule is O=CNCN=C1CC(=O)NC(=O)N1. The van der Waals surface area contributed by atoms with Gasteiger partial charge in [0, 0.05) is 0 Å². The van der Waals surface area contributed by atoms with Gasteiger partial charge in [0.2, 0.25) is 12.3 Å². The zero-order valence-corrected chi connectivity index (χ0v) is 6.66. The number of imide groups is 1. The molecule has 1 rings (SSSR count). The number of aliphatic imine (C=N–C) groups is 1. The Labute approximate surface area is 73.6 Å². The second-order valence-corrected chi connectivity index (χ2v) is 2.26. The maximum Gasteiger partial charge on any atom is 0.326 e. The van der Waals surface area contributed by atoms with Gasteiger partial charge in [0.15, 0.2) is 0 Å². The number of nitrogens with one attached hydrogen (secondary N) is 3. The van der Waals surface area contributed by atoms with E-state index < -0.39 is 11.9 Å². The van der Waals surface area contributed by atoms with Crippen LogP contribution in [0.4, 0.5) is 4.79 Å². The molecule has 0 saturated carbocycles. The third-order valence-electron chi connectivity index (χ3n) is 1.28. The largest absolute Gasteiger partial charge is 0.339 e. The number of urea groups is 1. The van der Waals surface area contributed by atoms with E-state index in [0.717, 1.165) is 0 Å². The van der Waals surface area contributed by atoms with Crippen molar-refractivity contribution in [2.45, 2.75) is 6.42 Å². The van der Waals surface area contributed by atoms with Crippen molar-refractivity contribution in [3.63, 3.8) is 0 Å². The smallest absolute Gasteiger partial charge is 0.326 e. The summed E-state index contributed by atoms with van der Waals surface area (Å²) < 4.78 is 0. The highest BCUT2D eigenvalue weighted by molar-refractivity contribution is 6.15. The molecule has 1 heterocycles. The molecule has 0 aliphatic carbocycles. The number of amides is 4. The lowest BCUT2D eigenvalue weighted by molar-refractivity contribution is -0.119. The Kier molecular flexibility index (Phi) is 2.96. The molecule has 0 radical (unpaired) electrons. The van der Waals surface area contributed by atoms with E-state index in [0.29, 0.717) is 6.41 Å². The second-order valence-electron chi connectivity index (χ2n) is 2.26. The van der Waals surface area contributed by atoms with Crippen LogP contribution >= 0.6 is 0 Å². The molecule has 4 amide bonds. The maximum absolute atomic E-state index is 10.8. The molecule has 7 nitrogen and oxygen atoms in total. The number of hydrogen-bond donors (Lipinski definition) is 3. The zero-order chi connectivity index (χ0) is 9.68. The Morgan fingerprint density at radius 2 is 2.23 bits per heavy atom. The lowest BCUT2D eigenvalue weighted by atomic mass is 10.3. The van der Waals surface area contributed by atoms with Crippen molar-refractivity contribution in [2.75, 3.05) is 6.67 Å². The van der Waals surface area contributed by atoms with Gasteiger partial charge in [-0.1, -0.05) is 0 Å². The number of carbonyl (C=O) groups is 3. The van der Waals surface area contributed by atoms with Gasteiger partial charge in [-0.05, 0) is 0 Å². The second kappa shape index (κ2) is 4.19. The summed E-state index contributed by atoms with van der Waals surface area (Å²) in [4.78, 5) is 35.1. The average Bonchev–Trinajstić information content (AvgIpc) is 2.03. The topological polar surface area (TPSA) is 99.7 Å². The molecule has 0 unspecified atom stereocenters. The van der Waals surface area contributed by atoms with Crippen LogP contribution in [0.3, 0.4) is 0 Å². The highest BCUT2D eigenvalue weighted by atomic mass is 16.2. The monoisotopic (exact) mass is 184 g/mol. The Balaban J connectivity index is 2.49. The van der Waals surface area contributed by atoms with E-state index in [1.54, 1.807) is 0 Å². The summed E-state index contributed by atoms with van der Waals surface area (Å²) in [6.45, 7) is 0.0480. The normalized spacial score (nSPS) is 19.2. The molecule has 3 N–H and O–H groups in total. The molecule has 1 saturated heterocycles. The Morgan fingerprint density at radius 3 is 2.85 bits per heavy atom. The molecule has 0 bridgehead atoms. The van der Waals surface area contributed by atoms with Crippen LogP contribution in [0, 0.1) is 0 Å². The molecule has 0 aromatic carbocycles. The molecule has 1 aliphatic heterocycles. The first-order valence-electron chi connectivity index (χ1n) is 3.53. The summed E-state index contributed by atoms with van der Waals surface area (Å²) in [6, 6.07) is -0.596. The highest BCUT2D eigenvalue weighted by Gasteiger charge is 2.18. The van der Waals surface area contributed by atoms with Crippen molar-refractivity contribution >= 4 is 24.2 Å². The summed E-state index contributed by atoms with van der Waals surface area (Å²) in [6.07, 6.45) is 0.501. The predicted octanol–water partition coefficient (Wildman–Crippen LogP) is -1.68. The Morgan fingerprint density at radius 1 is 1.46 bits per heavy atom. The molecular weight excluding hydrogens is 176 g/mol. The molecule has 0 atom stereocenters. The maximum atomic E-state index is 10.8. The first kappa shape index (κ1) is 9.17. The van der Waals surface area contributed by atoms with Crippen LogP contribution < -0.4 is 16.0 Å². The molecule has 7 heteroatoms. The van der Waals surface area contributed by atoms with Crippen molar-refractivity contribution in [3.05, 3.63) is 0 Å². The third kappa shape index (κ3) is 2.89. The number of nitrogens with zero attached hydrogens (tertiary/aromatic N) is 1. The highest BCUT2D eigenvalue weighted by Crippen LogP contribution is 1.90. The van der Waals surface area contributed by atoms with Crippen LogP contribution in [-0.4, -0.2) is 30.9 Å². The molecule has 0 spiro atoms. The average molecular weight is 184 g/mol. The molecule has 70 valence electrons. The lowest BCUT2D eigenvalue weighted by Crippen LogP contribution is -2.50. The van der Waals surface area contributed by atoms with E-state index >= 15 is 0 Å². The van der Waals surface area contributed by atoms with Gasteiger partial charge in [0.05, 0.1) is 6.42 Å². The van der Waals surface area contributed by atoms with Crippen LogP contribution in [0.25, 0.3) is 0 Å². The lowest BCUT2D eigenvalue weighted by Gasteiger charge is -2.14.